The summed E-state index contributed by atoms with van der Waals surface area (Å²) in [5.74, 6) is 1.34. The van der Waals surface area contributed by atoms with E-state index >= 15 is 0 Å². The van der Waals surface area contributed by atoms with E-state index < -0.39 is 0 Å². The van der Waals surface area contributed by atoms with Crippen molar-refractivity contribution < 1.29 is 9.15 Å². The Bertz CT molecular complexity index is 497. The minimum atomic E-state index is -0.0629. The Morgan fingerprint density at radius 1 is 1.13 bits per heavy atom. The first-order valence-corrected chi connectivity index (χ1v) is 4.53. The molecule has 0 radical (unpaired) electrons. The van der Waals surface area contributed by atoms with Crippen LogP contribution in [0.4, 0.5) is 0 Å². The van der Waals surface area contributed by atoms with Gasteiger partial charge in [0.25, 0.3) is 0 Å². The summed E-state index contributed by atoms with van der Waals surface area (Å²) in [4.78, 5) is 11.1. The zero-order chi connectivity index (χ0) is 10.7. The van der Waals surface area contributed by atoms with Crippen molar-refractivity contribution in [3.63, 3.8) is 0 Å². The van der Waals surface area contributed by atoms with E-state index in [1.54, 1.807) is 7.11 Å². The molecule has 0 saturated carbocycles. The molecule has 0 spiro atoms. The van der Waals surface area contributed by atoms with Crippen LogP contribution >= 0.6 is 0 Å². The molecule has 0 atom stereocenters. The third-order valence-corrected chi connectivity index (χ3v) is 2.08. The van der Waals surface area contributed by atoms with E-state index in [9.17, 15) is 4.79 Å². The standard InChI is InChI=1S/C12H10O3/c1-14-11-4-2-9(3-5-11)12-8-10(13)6-7-15-12/h2-8H,1H3. The van der Waals surface area contributed by atoms with E-state index in [-0.39, 0.29) is 5.43 Å². The van der Waals surface area contributed by atoms with Gasteiger partial charge in [0.2, 0.25) is 0 Å². The molecule has 1 aromatic heterocycles. The molecule has 1 aromatic carbocycles. The number of benzene rings is 1. The van der Waals surface area contributed by atoms with Crippen LogP contribution in [0.25, 0.3) is 11.3 Å². The third-order valence-electron chi connectivity index (χ3n) is 2.08. The lowest BCUT2D eigenvalue weighted by molar-refractivity contribution is 0.415. The summed E-state index contributed by atoms with van der Waals surface area (Å²) in [6.07, 6.45) is 1.39. The molecular weight excluding hydrogens is 192 g/mol. The normalized spacial score (nSPS) is 9.93. The van der Waals surface area contributed by atoms with E-state index in [4.69, 9.17) is 9.15 Å². The third kappa shape index (κ3) is 2.07. The molecule has 2 aromatic rings. The van der Waals surface area contributed by atoms with Gasteiger partial charge in [-0.3, -0.25) is 4.79 Å². The van der Waals surface area contributed by atoms with Crippen LogP contribution in [0.3, 0.4) is 0 Å². The smallest absolute Gasteiger partial charge is 0.185 e. The molecule has 0 unspecified atom stereocenters. The van der Waals surface area contributed by atoms with Crippen molar-refractivity contribution in [2.75, 3.05) is 7.11 Å². The molecule has 3 heteroatoms. The summed E-state index contributed by atoms with van der Waals surface area (Å²) in [5, 5.41) is 0. The molecule has 2 rings (SSSR count). The average molecular weight is 202 g/mol. The summed E-state index contributed by atoms with van der Waals surface area (Å²) in [6.45, 7) is 0. The molecule has 0 fully saturated rings. The Kier molecular flexibility index (Phi) is 2.54. The van der Waals surface area contributed by atoms with Crippen LogP contribution in [-0.4, -0.2) is 7.11 Å². The van der Waals surface area contributed by atoms with E-state index in [2.05, 4.69) is 0 Å². The van der Waals surface area contributed by atoms with Gasteiger partial charge in [-0.25, -0.2) is 0 Å². The topological polar surface area (TPSA) is 39.4 Å². The molecule has 0 aliphatic carbocycles. The molecule has 0 bridgehead atoms. The summed E-state index contributed by atoms with van der Waals surface area (Å²) >= 11 is 0. The van der Waals surface area contributed by atoms with Crippen LogP contribution in [0, 0.1) is 0 Å². The summed E-state index contributed by atoms with van der Waals surface area (Å²) in [6, 6.07) is 10.2. The second kappa shape index (κ2) is 4.00. The second-order valence-corrected chi connectivity index (χ2v) is 3.06. The Labute approximate surface area is 86.9 Å². The van der Waals surface area contributed by atoms with Gasteiger partial charge in [-0.2, -0.15) is 0 Å². The summed E-state index contributed by atoms with van der Waals surface area (Å²) in [7, 11) is 1.61. The highest BCUT2D eigenvalue weighted by Gasteiger charge is 2.00. The zero-order valence-corrected chi connectivity index (χ0v) is 8.27. The lowest BCUT2D eigenvalue weighted by Crippen LogP contribution is -1.95. The molecule has 3 nitrogen and oxygen atoms in total. The molecule has 1 heterocycles. The molecule has 0 amide bonds. The summed E-state index contributed by atoms with van der Waals surface area (Å²) in [5.41, 5.74) is 0.792. The quantitative estimate of drug-likeness (QED) is 0.750. The highest BCUT2D eigenvalue weighted by Crippen LogP contribution is 2.20. The second-order valence-electron chi connectivity index (χ2n) is 3.06. The Hall–Kier alpha value is -2.03. The zero-order valence-electron chi connectivity index (χ0n) is 8.27. The van der Waals surface area contributed by atoms with Crippen molar-refractivity contribution >= 4 is 0 Å². The van der Waals surface area contributed by atoms with Crippen molar-refractivity contribution in [3.05, 3.63) is 52.9 Å². The van der Waals surface area contributed by atoms with Crippen molar-refractivity contribution in [1.82, 2.24) is 0 Å². The van der Waals surface area contributed by atoms with Gasteiger partial charge < -0.3 is 9.15 Å². The number of ether oxygens (including phenoxy) is 1. The van der Waals surface area contributed by atoms with Crippen LogP contribution in [0.2, 0.25) is 0 Å². The first-order chi connectivity index (χ1) is 7.29. The Balaban J connectivity index is 2.41. The van der Waals surface area contributed by atoms with Crippen molar-refractivity contribution in [3.8, 4) is 17.1 Å². The fourth-order valence-electron chi connectivity index (χ4n) is 1.29. The molecule has 0 saturated heterocycles. The van der Waals surface area contributed by atoms with Gasteiger partial charge in [0.1, 0.15) is 11.5 Å². The first kappa shape index (κ1) is 9.52. The van der Waals surface area contributed by atoms with Gasteiger partial charge in [0.15, 0.2) is 5.43 Å². The maximum atomic E-state index is 11.1. The maximum Gasteiger partial charge on any atom is 0.185 e. The molecule has 15 heavy (non-hydrogen) atoms. The van der Waals surface area contributed by atoms with Crippen molar-refractivity contribution in [2.45, 2.75) is 0 Å². The fraction of sp³-hybridized carbons (Fsp3) is 0.0833. The highest BCUT2D eigenvalue weighted by molar-refractivity contribution is 5.57. The molecule has 0 aliphatic rings. The van der Waals surface area contributed by atoms with Gasteiger partial charge in [0, 0.05) is 17.7 Å². The number of rotatable bonds is 2. The SMILES string of the molecule is COc1ccc(-c2cc(=O)cco2)cc1. The van der Waals surface area contributed by atoms with E-state index in [1.807, 2.05) is 24.3 Å². The monoisotopic (exact) mass is 202 g/mol. The van der Waals surface area contributed by atoms with E-state index in [0.717, 1.165) is 11.3 Å². The Morgan fingerprint density at radius 3 is 2.47 bits per heavy atom. The number of hydrogen-bond acceptors (Lipinski definition) is 3. The van der Waals surface area contributed by atoms with Gasteiger partial charge >= 0.3 is 0 Å². The predicted molar refractivity (Wildman–Crippen MR) is 57.0 cm³/mol. The number of methoxy groups -OCH3 is 1. The van der Waals surface area contributed by atoms with E-state index in [1.165, 1.54) is 18.4 Å². The maximum absolute atomic E-state index is 11.1. The molecular formula is C12H10O3. The van der Waals surface area contributed by atoms with Crippen molar-refractivity contribution in [2.24, 2.45) is 0 Å². The lowest BCUT2D eigenvalue weighted by atomic mass is 10.1. The first-order valence-electron chi connectivity index (χ1n) is 4.53. The van der Waals surface area contributed by atoms with Crippen molar-refractivity contribution in [1.29, 1.82) is 0 Å². The highest BCUT2D eigenvalue weighted by atomic mass is 16.5. The van der Waals surface area contributed by atoms with Crippen LogP contribution in [-0.2, 0) is 0 Å². The van der Waals surface area contributed by atoms with Crippen LogP contribution < -0.4 is 10.2 Å². The fourth-order valence-corrected chi connectivity index (χ4v) is 1.29. The molecule has 0 aliphatic heterocycles. The summed E-state index contributed by atoms with van der Waals surface area (Å²) < 4.78 is 10.3. The largest absolute Gasteiger partial charge is 0.497 e. The average Bonchev–Trinajstić information content (AvgIpc) is 2.29. The Morgan fingerprint density at radius 2 is 1.87 bits per heavy atom. The van der Waals surface area contributed by atoms with Gasteiger partial charge in [0.05, 0.1) is 13.4 Å². The van der Waals surface area contributed by atoms with Gasteiger partial charge in [-0.15, -0.1) is 0 Å². The van der Waals surface area contributed by atoms with Gasteiger partial charge in [-0.05, 0) is 24.3 Å². The lowest BCUT2D eigenvalue weighted by Gasteiger charge is -2.01. The minimum absolute atomic E-state index is 0.0629. The van der Waals surface area contributed by atoms with Crippen LogP contribution in [0.5, 0.6) is 5.75 Å². The van der Waals surface area contributed by atoms with Crippen LogP contribution in [0.1, 0.15) is 0 Å². The molecule has 76 valence electrons. The van der Waals surface area contributed by atoms with E-state index in [0.29, 0.717) is 5.76 Å². The molecule has 0 N–H and O–H groups in total. The minimum Gasteiger partial charge on any atom is -0.497 e. The predicted octanol–water partition coefficient (Wildman–Crippen LogP) is 2.32. The number of hydrogen-bond donors (Lipinski definition) is 0. The van der Waals surface area contributed by atoms with Gasteiger partial charge in [-0.1, -0.05) is 0 Å². The van der Waals surface area contributed by atoms with Crippen LogP contribution in [0.15, 0.2) is 51.9 Å².